The molecule has 120 valence electrons. The third-order valence-electron chi connectivity index (χ3n) is 3.32. The van der Waals surface area contributed by atoms with Crippen molar-refractivity contribution in [1.29, 1.82) is 0 Å². The van der Waals surface area contributed by atoms with E-state index in [-0.39, 0.29) is 11.2 Å². The molecule has 0 spiro atoms. The van der Waals surface area contributed by atoms with Crippen molar-refractivity contribution in [1.82, 2.24) is 4.98 Å². The summed E-state index contributed by atoms with van der Waals surface area (Å²) in [6.45, 7) is 8.46. The number of carbonyl (C=O) groups excluding carboxylic acids is 1. The third-order valence-corrected chi connectivity index (χ3v) is 5.49. The Kier molecular flexibility index (Phi) is 6.80. The lowest BCUT2D eigenvalue weighted by molar-refractivity contribution is -0.148. The number of hydrogen-bond donors (Lipinski definition) is 1. The van der Waals surface area contributed by atoms with Gasteiger partial charge in [-0.3, -0.25) is 9.00 Å². The number of esters is 1. The van der Waals surface area contributed by atoms with Gasteiger partial charge in [0.15, 0.2) is 5.13 Å². The Hall–Kier alpha value is -0.950. The topological polar surface area (TPSA) is 68.3 Å². The molecule has 0 amide bonds. The van der Waals surface area contributed by atoms with E-state index >= 15 is 0 Å². The molecule has 0 aliphatic rings. The van der Waals surface area contributed by atoms with Crippen molar-refractivity contribution < 1.29 is 13.7 Å². The van der Waals surface area contributed by atoms with Crippen LogP contribution < -0.4 is 5.32 Å². The average Bonchev–Trinajstić information content (AvgIpc) is 2.88. The molecule has 5 nitrogen and oxygen atoms in total. The summed E-state index contributed by atoms with van der Waals surface area (Å²) in [6, 6.07) is 0. The summed E-state index contributed by atoms with van der Waals surface area (Å²) in [6.07, 6.45) is 2.54. The van der Waals surface area contributed by atoms with Gasteiger partial charge in [0, 0.05) is 34.2 Å². The summed E-state index contributed by atoms with van der Waals surface area (Å²) in [4.78, 5) is 16.4. The predicted octanol–water partition coefficient (Wildman–Crippen LogP) is 2.55. The van der Waals surface area contributed by atoms with E-state index in [9.17, 15) is 9.00 Å². The summed E-state index contributed by atoms with van der Waals surface area (Å²) in [5.41, 5.74) is -0.0365. The van der Waals surface area contributed by atoms with Gasteiger partial charge in [-0.1, -0.05) is 6.92 Å². The van der Waals surface area contributed by atoms with Crippen LogP contribution in [0.1, 0.15) is 39.8 Å². The van der Waals surface area contributed by atoms with E-state index in [1.165, 1.54) is 11.3 Å². The van der Waals surface area contributed by atoms with Crippen LogP contribution in [0.15, 0.2) is 5.38 Å². The molecule has 21 heavy (non-hydrogen) atoms. The molecule has 7 heteroatoms. The van der Waals surface area contributed by atoms with Crippen LogP contribution in [0.3, 0.4) is 0 Å². The number of nitrogens with one attached hydrogen (secondary N) is 1. The number of anilines is 1. The number of nitrogens with zero attached hydrogens (tertiary/aromatic N) is 1. The first-order valence-corrected chi connectivity index (χ1v) is 9.48. The first-order chi connectivity index (χ1) is 9.78. The number of hydrogen-bond acceptors (Lipinski definition) is 6. The number of aromatic nitrogens is 1. The fraction of sp³-hybridized carbons (Fsp3) is 0.714. The highest BCUT2D eigenvalue weighted by molar-refractivity contribution is 7.84. The normalized spacial score (nSPS) is 14.5. The minimum absolute atomic E-state index is 0.160. The minimum atomic E-state index is -0.804. The van der Waals surface area contributed by atoms with Gasteiger partial charge in [0.25, 0.3) is 0 Å². The van der Waals surface area contributed by atoms with Crippen molar-refractivity contribution >= 4 is 33.2 Å². The zero-order valence-electron chi connectivity index (χ0n) is 13.3. The number of carbonyl (C=O) groups is 1. The smallest absolute Gasteiger partial charge is 0.317 e. The van der Waals surface area contributed by atoms with Crippen molar-refractivity contribution in [2.75, 3.05) is 24.7 Å². The molecule has 1 heterocycles. The van der Waals surface area contributed by atoms with Gasteiger partial charge in [-0.2, -0.15) is 0 Å². The molecule has 1 N–H and O–H groups in total. The van der Waals surface area contributed by atoms with E-state index in [1.807, 2.05) is 26.2 Å². The highest BCUT2D eigenvalue weighted by atomic mass is 32.2. The number of ether oxygens (including phenoxy) is 1. The van der Waals surface area contributed by atoms with Crippen molar-refractivity contribution in [2.24, 2.45) is 0 Å². The molecule has 2 unspecified atom stereocenters. The lowest BCUT2D eigenvalue weighted by Crippen LogP contribution is -2.31. The Morgan fingerprint density at radius 2 is 2.24 bits per heavy atom. The molecule has 1 aromatic heterocycles. The molecule has 0 radical (unpaired) electrons. The first-order valence-electron chi connectivity index (χ1n) is 6.98. The molecule has 1 rings (SSSR count). The van der Waals surface area contributed by atoms with Crippen molar-refractivity contribution in [3.63, 3.8) is 0 Å². The molecule has 0 aliphatic carbocycles. The second-order valence-electron chi connectivity index (χ2n) is 5.41. The first kappa shape index (κ1) is 18.1. The minimum Gasteiger partial charge on any atom is -0.465 e. The van der Waals surface area contributed by atoms with Crippen LogP contribution in [0, 0.1) is 0 Å². The Labute approximate surface area is 133 Å². The SMILES string of the molecule is CCOC(=O)C(C)(C)c1csc(NCCC(C)S(C)=O)n1. The molecular formula is C14H24N2O3S2. The Balaban J connectivity index is 2.60. The molecule has 1 aromatic rings. The fourth-order valence-corrected chi connectivity index (χ4v) is 2.96. The summed E-state index contributed by atoms with van der Waals surface area (Å²) in [5.74, 6) is -0.267. The standard InChI is InChI=1S/C14H24N2O3S2/c1-6-19-12(17)14(3,4)11-9-20-13(16-11)15-8-7-10(2)21(5)18/h9-10H,6-8H2,1-5H3,(H,15,16). The van der Waals surface area contributed by atoms with E-state index in [0.717, 1.165) is 11.6 Å². The van der Waals surface area contributed by atoms with Crippen LogP contribution in [0.5, 0.6) is 0 Å². The molecule has 0 aromatic carbocycles. The molecule has 0 saturated carbocycles. The maximum Gasteiger partial charge on any atom is 0.317 e. The van der Waals surface area contributed by atoms with Crippen LogP contribution in [0.2, 0.25) is 0 Å². The van der Waals surface area contributed by atoms with Crippen LogP contribution in [0.4, 0.5) is 5.13 Å². The maximum atomic E-state index is 11.9. The Bertz CT molecular complexity index is 500. The van der Waals surface area contributed by atoms with E-state index in [1.54, 1.807) is 13.2 Å². The molecule has 0 bridgehead atoms. The maximum absolute atomic E-state index is 11.9. The van der Waals surface area contributed by atoms with Crippen LogP contribution in [-0.2, 0) is 25.7 Å². The van der Waals surface area contributed by atoms with Gasteiger partial charge in [0.05, 0.1) is 12.3 Å². The zero-order chi connectivity index (χ0) is 16.0. The molecule has 0 aliphatic heterocycles. The fourth-order valence-electron chi connectivity index (χ4n) is 1.61. The van der Waals surface area contributed by atoms with Gasteiger partial charge in [-0.05, 0) is 27.2 Å². The van der Waals surface area contributed by atoms with Crippen LogP contribution >= 0.6 is 11.3 Å². The highest BCUT2D eigenvalue weighted by Crippen LogP contribution is 2.28. The monoisotopic (exact) mass is 332 g/mol. The van der Waals surface area contributed by atoms with Gasteiger partial charge in [-0.25, -0.2) is 4.98 Å². The van der Waals surface area contributed by atoms with Gasteiger partial charge >= 0.3 is 5.97 Å². The molecule has 2 atom stereocenters. The number of thiazole rings is 1. The third kappa shape index (κ3) is 5.07. The quantitative estimate of drug-likeness (QED) is 0.741. The van der Waals surface area contributed by atoms with Crippen molar-refractivity contribution in [3.05, 3.63) is 11.1 Å². The second-order valence-corrected chi connectivity index (χ2v) is 8.07. The Morgan fingerprint density at radius 3 is 2.81 bits per heavy atom. The van der Waals surface area contributed by atoms with E-state index in [2.05, 4.69) is 10.3 Å². The molecule has 0 saturated heterocycles. The lowest BCUT2D eigenvalue weighted by atomic mass is 9.90. The van der Waals surface area contributed by atoms with Crippen molar-refractivity contribution in [3.8, 4) is 0 Å². The van der Waals surface area contributed by atoms with Gasteiger partial charge in [0.1, 0.15) is 5.41 Å². The van der Waals surface area contributed by atoms with E-state index in [4.69, 9.17) is 4.74 Å². The summed E-state index contributed by atoms with van der Waals surface area (Å²) in [7, 11) is -0.804. The number of rotatable bonds is 8. The van der Waals surface area contributed by atoms with Crippen molar-refractivity contribution in [2.45, 2.75) is 44.8 Å². The zero-order valence-corrected chi connectivity index (χ0v) is 14.9. The average molecular weight is 332 g/mol. The summed E-state index contributed by atoms with van der Waals surface area (Å²) < 4.78 is 16.4. The van der Waals surface area contributed by atoms with Gasteiger partial charge in [-0.15, -0.1) is 11.3 Å². The second kappa shape index (κ2) is 7.89. The van der Waals surface area contributed by atoms with E-state index in [0.29, 0.717) is 18.8 Å². The van der Waals surface area contributed by atoms with Gasteiger partial charge < -0.3 is 10.1 Å². The summed E-state index contributed by atoms with van der Waals surface area (Å²) in [5, 5.41) is 6.02. The van der Waals surface area contributed by atoms with Crippen LogP contribution in [-0.4, -0.2) is 39.8 Å². The highest BCUT2D eigenvalue weighted by Gasteiger charge is 2.33. The molecular weight excluding hydrogens is 308 g/mol. The predicted molar refractivity (Wildman–Crippen MR) is 88.4 cm³/mol. The van der Waals surface area contributed by atoms with Gasteiger partial charge in [0.2, 0.25) is 0 Å². The van der Waals surface area contributed by atoms with Crippen LogP contribution in [0.25, 0.3) is 0 Å². The van der Waals surface area contributed by atoms with E-state index < -0.39 is 16.2 Å². The summed E-state index contributed by atoms with van der Waals surface area (Å²) >= 11 is 1.47. The molecule has 0 fully saturated rings. The lowest BCUT2D eigenvalue weighted by Gasteiger charge is -2.19. The largest absolute Gasteiger partial charge is 0.465 e. The Morgan fingerprint density at radius 1 is 1.57 bits per heavy atom.